The van der Waals surface area contributed by atoms with E-state index in [9.17, 15) is 0 Å². The summed E-state index contributed by atoms with van der Waals surface area (Å²) < 4.78 is 9.78. The minimum atomic E-state index is 0.469. The van der Waals surface area contributed by atoms with Crippen LogP contribution in [0.2, 0.25) is 0 Å². The lowest BCUT2D eigenvalue weighted by molar-refractivity contribution is 0.118. The number of nitrogens with zero attached hydrogens (tertiary/aromatic N) is 2. The minimum Gasteiger partial charge on any atom is -0.374 e. The zero-order chi connectivity index (χ0) is 8.81. The Bertz CT molecular complexity index is 224. The van der Waals surface area contributed by atoms with E-state index in [0.717, 1.165) is 17.9 Å². The molecule has 12 heavy (non-hydrogen) atoms. The van der Waals surface area contributed by atoms with Crippen molar-refractivity contribution in [2.24, 2.45) is 0 Å². The van der Waals surface area contributed by atoms with Gasteiger partial charge in [0.2, 0.25) is 0 Å². The number of likely N-dealkylation sites (N-methyl/N-ethyl adjacent to an activating group) is 1. The van der Waals surface area contributed by atoms with Crippen molar-refractivity contribution in [2.45, 2.75) is 13.5 Å². The first-order valence-corrected chi connectivity index (χ1v) is 3.85. The minimum absolute atomic E-state index is 0.469. The van der Waals surface area contributed by atoms with Gasteiger partial charge in [-0.3, -0.25) is 0 Å². The Kier molecular flexibility index (Phi) is 3.69. The summed E-state index contributed by atoms with van der Waals surface area (Å²) >= 11 is 0. The summed E-state index contributed by atoms with van der Waals surface area (Å²) in [5, 5.41) is 10.3. The third kappa shape index (κ3) is 2.60. The van der Waals surface area contributed by atoms with Gasteiger partial charge in [0.05, 0.1) is 13.2 Å². The third-order valence-electron chi connectivity index (χ3n) is 1.48. The molecule has 1 aromatic heterocycles. The highest BCUT2D eigenvalue weighted by Crippen LogP contribution is 2.01. The molecule has 1 aromatic rings. The molecule has 1 rings (SSSR count). The van der Waals surface area contributed by atoms with Crippen molar-refractivity contribution in [3.05, 3.63) is 11.4 Å². The van der Waals surface area contributed by atoms with Gasteiger partial charge < -0.3 is 10.1 Å². The highest BCUT2D eigenvalue weighted by molar-refractivity contribution is 5.02. The van der Waals surface area contributed by atoms with Gasteiger partial charge >= 0.3 is 0 Å². The Labute approximate surface area is 71.1 Å². The molecule has 0 unspecified atom stereocenters. The fraction of sp³-hybridized carbons (Fsp3) is 0.714. The maximum atomic E-state index is 5.27. The maximum absolute atomic E-state index is 5.27. The Morgan fingerprint density at radius 2 is 2.33 bits per heavy atom. The summed E-state index contributed by atoms with van der Waals surface area (Å²) in [6, 6.07) is 0. The van der Waals surface area contributed by atoms with E-state index in [1.54, 1.807) is 0 Å². The quantitative estimate of drug-likeness (QED) is 0.637. The van der Waals surface area contributed by atoms with Gasteiger partial charge in [-0.05, 0) is 14.0 Å². The number of hydrogen-bond acceptors (Lipinski definition) is 5. The molecule has 0 saturated heterocycles. The maximum Gasteiger partial charge on any atom is 0.133 e. The Morgan fingerprint density at radius 1 is 1.50 bits per heavy atom. The molecule has 5 heteroatoms. The van der Waals surface area contributed by atoms with Crippen LogP contribution < -0.4 is 5.32 Å². The van der Waals surface area contributed by atoms with Crippen LogP contribution in [0.4, 0.5) is 0 Å². The molecule has 0 aliphatic rings. The molecule has 0 aliphatic heterocycles. The zero-order valence-corrected chi connectivity index (χ0v) is 7.33. The number of ether oxygens (including phenoxy) is 1. The van der Waals surface area contributed by atoms with Gasteiger partial charge in [-0.1, -0.05) is 10.3 Å². The summed E-state index contributed by atoms with van der Waals surface area (Å²) in [6.45, 7) is 3.82. The molecular weight excluding hydrogens is 158 g/mol. The van der Waals surface area contributed by atoms with Crippen LogP contribution >= 0.6 is 0 Å². The Hall–Kier alpha value is -0.940. The average Bonchev–Trinajstić information content (AvgIpc) is 2.46. The SMILES string of the molecule is CNCCOCc1nonc1C. The van der Waals surface area contributed by atoms with Crippen LogP contribution in [0.25, 0.3) is 0 Å². The van der Waals surface area contributed by atoms with Crippen LogP contribution in [-0.2, 0) is 11.3 Å². The second-order valence-corrected chi connectivity index (χ2v) is 2.45. The Balaban J connectivity index is 2.20. The molecule has 5 nitrogen and oxygen atoms in total. The molecule has 0 atom stereocenters. The molecule has 1 heterocycles. The van der Waals surface area contributed by atoms with Crippen LogP contribution in [0.15, 0.2) is 4.63 Å². The molecule has 68 valence electrons. The van der Waals surface area contributed by atoms with E-state index in [-0.39, 0.29) is 0 Å². The molecule has 0 radical (unpaired) electrons. The van der Waals surface area contributed by atoms with Crippen molar-refractivity contribution < 1.29 is 9.37 Å². The zero-order valence-electron chi connectivity index (χ0n) is 7.33. The molecule has 0 fully saturated rings. The number of nitrogens with one attached hydrogen (secondary N) is 1. The normalized spacial score (nSPS) is 10.5. The van der Waals surface area contributed by atoms with E-state index in [0.29, 0.717) is 13.2 Å². The lowest BCUT2D eigenvalue weighted by Crippen LogP contribution is -2.14. The molecular formula is C7H13N3O2. The second-order valence-electron chi connectivity index (χ2n) is 2.45. The molecule has 0 bridgehead atoms. The first kappa shape index (κ1) is 9.15. The molecule has 0 saturated carbocycles. The van der Waals surface area contributed by atoms with E-state index in [1.807, 2.05) is 14.0 Å². The first-order valence-electron chi connectivity index (χ1n) is 3.85. The summed E-state index contributed by atoms with van der Waals surface area (Å²) in [7, 11) is 1.88. The van der Waals surface area contributed by atoms with E-state index in [2.05, 4.69) is 20.3 Å². The van der Waals surface area contributed by atoms with Crippen LogP contribution in [-0.4, -0.2) is 30.5 Å². The molecule has 0 aromatic carbocycles. The monoisotopic (exact) mass is 171 g/mol. The van der Waals surface area contributed by atoms with E-state index >= 15 is 0 Å². The largest absolute Gasteiger partial charge is 0.374 e. The van der Waals surface area contributed by atoms with Gasteiger partial charge in [0.1, 0.15) is 11.4 Å². The fourth-order valence-corrected chi connectivity index (χ4v) is 0.724. The van der Waals surface area contributed by atoms with Gasteiger partial charge in [-0.2, -0.15) is 0 Å². The average molecular weight is 171 g/mol. The lowest BCUT2D eigenvalue weighted by Gasteiger charge is -1.99. The summed E-state index contributed by atoms with van der Waals surface area (Å²) in [5.74, 6) is 0. The van der Waals surface area contributed by atoms with Gasteiger partial charge in [-0.15, -0.1) is 0 Å². The summed E-state index contributed by atoms with van der Waals surface area (Å²) in [4.78, 5) is 0. The number of rotatable bonds is 5. The number of aromatic nitrogens is 2. The van der Waals surface area contributed by atoms with Crippen LogP contribution in [0.1, 0.15) is 11.4 Å². The van der Waals surface area contributed by atoms with Crippen LogP contribution in [0.3, 0.4) is 0 Å². The topological polar surface area (TPSA) is 60.2 Å². The number of hydrogen-bond donors (Lipinski definition) is 1. The van der Waals surface area contributed by atoms with Crippen LogP contribution in [0.5, 0.6) is 0 Å². The number of aryl methyl sites for hydroxylation is 1. The summed E-state index contributed by atoms with van der Waals surface area (Å²) in [5.41, 5.74) is 1.56. The van der Waals surface area contributed by atoms with Crippen LogP contribution in [0, 0.1) is 6.92 Å². The van der Waals surface area contributed by atoms with Crippen molar-refractivity contribution in [1.29, 1.82) is 0 Å². The molecule has 1 N–H and O–H groups in total. The van der Waals surface area contributed by atoms with Crippen molar-refractivity contribution in [3.63, 3.8) is 0 Å². The van der Waals surface area contributed by atoms with E-state index in [4.69, 9.17) is 4.74 Å². The smallest absolute Gasteiger partial charge is 0.133 e. The first-order chi connectivity index (χ1) is 5.84. The molecule has 0 aliphatic carbocycles. The van der Waals surface area contributed by atoms with Crippen molar-refractivity contribution in [1.82, 2.24) is 15.6 Å². The van der Waals surface area contributed by atoms with Gasteiger partial charge in [0.25, 0.3) is 0 Å². The second kappa shape index (κ2) is 4.84. The lowest BCUT2D eigenvalue weighted by atomic mass is 10.4. The van der Waals surface area contributed by atoms with E-state index in [1.165, 1.54) is 0 Å². The van der Waals surface area contributed by atoms with Gasteiger partial charge in [0, 0.05) is 6.54 Å². The highest BCUT2D eigenvalue weighted by Gasteiger charge is 2.03. The standard InChI is InChI=1S/C7H13N3O2/c1-6-7(10-12-9-6)5-11-4-3-8-2/h8H,3-5H2,1-2H3. The fourth-order valence-electron chi connectivity index (χ4n) is 0.724. The van der Waals surface area contributed by atoms with Gasteiger partial charge in [-0.25, -0.2) is 4.63 Å². The molecule has 0 amide bonds. The summed E-state index contributed by atoms with van der Waals surface area (Å²) in [6.07, 6.45) is 0. The predicted molar refractivity (Wildman–Crippen MR) is 42.6 cm³/mol. The van der Waals surface area contributed by atoms with E-state index < -0.39 is 0 Å². The third-order valence-corrected chi connectivity index (χ3v) is 1.48. The van der Waals surface area contributed by atoms with Crippen molar-refractivity contribution in [3.8, 4) is 0 Å². The van der Waals surface area contributed by atoms with Gasteiger partial charge in [0.15, 0.2) is 0 Å². The van der Waals surface area contributed by atoms with Crippen molar-refractivity contribution in [2.75, 3.05) is 20.2 Å². The highest BCUT2D eigenvalue weighted by atomic mass is 16.6. The Morgan fingerprint density at radius 3 is 2.92 bits per heavy atom. The molecule has 0 spiro atoms. The van der Waals surface area contributed by atoms with Crippen molar-refractivity contribution >= 4 is 0 Å². The predicted octanol–water partition coefficient (Wildman–Crippen LogP) is 0.114.